The van der Waals surface area contributed by atoms with Crippen molar-refractivity contribution in [3.8, 4) is 0 Å². The van der Waals surface area contributed by atoms with E-state index in [4.69, 9.17) is 4.84 Å². The molecule has 0 aliphatic heterocycles. The minimum atomic E-state index is -1.16. The lowest BCUT2D eigenvalue weighted by atomic mass is 9.80. The molecule has 1 aliphatic rings. The van der Waals surface area contributed by atoms with E-state index in [0.717, 1.165) is 48.7 Å². The maximum atomic E-state index is 13.7. The SMILES string of the molecule is CC(C)(I)C1CCCC/C1=N/OCc1ccc(NC(=O)NC(=O)c2c(F)cccc2F)cc1. The molecule has 33 heavy (non-hydrogen) atoms. The van der Waals surface area contributed by atoms with Crippen molar-refractivity contribution in [3.05, 3.63) is 65.2 Å². The van der Waals surface area contributed by atoms with Crippen LogP contribution in [0.4, 0.5) is 19.3 Å². The number of rotatable bonds is 6. The zero-order chi connectivity index (χ0) is 24.0. The summed E-state index contributed by atoms with van der Waals surface area (Å²) in [5.41, 5.74) is 1.55. The minimum absolute atomic E-state index is 0.119. The zero-order valence-corrected chi connectivity index (χ0v) is 20.6. The van der Waals surface area contributed by atoms with Gasteiger partial charge in [-0.05, 0) is 49.1 Å². The van der Waals surface area contributed by atoms with Crippen molar-refractivity contribution >= 4 is 45.9 Å². The van der Waals surface area contributed by atoms with Crippen LogP contribution < -0.4 is 10.6 Å². The summed E-state index contributed by atoms with van der Waals surface area (Å²) in [5, 5.41) is 8.78. The Kier molecular flexibility index (Phi) is 8.39. The lowest BCUT2D eigenvalue weighted by Gasteiger charge is -2.33. The fraction of sp³-hybridized carbons (Fsp3) is 0.375. The van der Waals surface area contributed by atoms with Crippen LogP contribution in [0.1, 0.15) is 55.5 Å². The van der Waals surface area contributed by atoms with Crippen LogP contribution in [-0.2, 0) is 11.4 Å². The maximum absolute atomic E-state index is 13.7. The van der Waals surface area contributed by atoms with Gasteiger partial charge in [0.15, 0.2) is 0 Å². The number of nitrogens with one attached hydrogen (secondary N) is 2. The predicted molar refractivity (Wildman–Crippen MR) is 132 cm³/mol. The predicted octanol–water partition coefficient (Wildman–Crippen LogP) is 6.20. The van der Waals surface area contributed by atoms with Crippen molar-refractivity contribution < 1.29 is 23.2 Å². The molecule has 0 aromatic heterocycles. The third kappa shape index (κ3) is 6.96. The van der Waals surface area contributed by atoms with Gasteiger partial charge in [-0.25, -0.2) is 13.6 Å². The Morgan fingerprint density at radius 3 is 2.42 bits per heavy atom. The Morgan fingerprint density at radius 1 is 1.12 bits per heavy atom. The van der Waals surface area contributed by atoms with Crippen molar-refractivity contribution in [2.45, 2.75) is 49.6 Å². The van der Waals surface area contributed by atoms with Crippen molar-refractivity contribution in [1.82, 2.24) is 5.32 Å². The summed E-state index contributed by atoms with van der Waals surface area (Å²) < 4.78 is 27.5. The fourth-order valence-electron chi connectivity index (χ4n) is 3.76. The first-order chi connectivity index (χ1) is 15.6. The molecule has 3 amide bonds. The van der Waals surface area contributed by atoms with E-state index in [1.165, 1.54) is 6.42 Å². The van der Waals surface area contributed by atoms with Crippen LogP contribution in [0.25, 0.3) is 0 Å². The first-order valence-corrected chi connectivity index (χ1v) is 11.8. The lowest BCUT2D eigenvalue weighted by molar-refractivity contribution is 0.0959. The van der Waals surface area contributed by atoms with E-state index in [1.54, 1.807) is 24.3 Å². The van der Waals surface area contributed by atoms with E-state index in [1.807, 2.05) is 5.32 Å². The van der Waals surface area contributed by atoms with Gasteiger partial charge in [0.05, 0.1) is 5.71 Å². The highest BCUT2D eigenvalue weighted by Gasteiger charge is 2.33. The largest absolute Gasteiger partial charge is 0.391 e. The highest BCUT2D eigenvalue weighted by Crippen LogP contribution is 2.36. The van der Waals surface area contributed by atoms with E-state index >= 15 is 0 Å². The monoisotopic (exact) mass is 569 g/mol. The number of nitrogens with zero attached hydrogens (tertiary/aromatic N) is 1. The number of anilines is 1. The van der Waals surface area contributed by atoms with Gasteiger partial charge in [-0.2, -0.15) is 0 Å². The number of imide groups is 1. The fourth-order valence-corrected chi connectivity index (χ4v) is 4.43. The molecule has 0 heterocycles. The Bertz CT molecular complexity index is 1020. The van der Waals surface area contributed by atoms with Crippen molar-refractivity contribution in [3.63, 3.8) is 0 Å². The average Bonchev–Trinajstić information content (AvgIpc) is 2.74. The Labute approximate surface area is 205 Å². The Hall–Kier alpha value is -2.56. The van der Waals surface area contributed by atoms with Gasteiger partial charge in [-0.15, -0.1) is 0 Å². The molecule has 0 bridgehead atoms. The van der Waals surface area contributed by atoms with E-state index in [9.17, 15) is 18.4 Å². The molecule has 176 valence electrons. The maximum Gasteiger partial charge on any atom is 0.326 e. The quantitative estimate of drug-likeness (QED) is 0.247. The molecule has 9 heteroatoms. The highest BCUT2D eigenvalue weighted by molar-refractivity contribution is 14.1. The van der Waals surface area contributed by atoms with Gasteiger partial charge in [0.25, 0.3) is 5.91 Å². The summed E-state index contributed by atoms with van der Waals surface area (Å²) in [7, 11) is 0. The molecule has 6 nitrogen and oxygen atoms in total. The van der Waals surface area contributed by atoms with E-state index in [2.05, 4.69) is 46.9 Å². The van der Waals surface area contributed by atoms with E-state index < -0.39 is 29.1 Å². The topological polar surface area (TPSA) is 79.8 Å². The van der Waals surface area contributed by atoms with Gasteiger partial charge in [0.2, 0.25) is 0 Å². The van der Waals surface area contributed by atoms with Crippen LogP contribution >= 0.6 is 22.6 Å². The van der Waals surface area contributed by atoms with Crippen LogP contribution in [0.3, 0.4) is 0 Å². The third-order valence-electron chi connectivity index (χ3n) is 5.45. The van der Waals surface area contributed by atoms with Crippen molar-refractivity contribution in [2.75, 3.05) is 5.32 Å². The summed E-state index contributed by atoms with van der Waals surface area (Å²) in [5.74, 6) is -2.86. The molecule has 1 unspecified atom stereocenters. The van der Waals surface area contributed by atoms with Gasteiger partial charge >= 0.3 is 6.03 Å². The average molecular weight is 569 g/mol. The highest BCUT2D eigenvalue weighted by atomic mass is 127. The second kappa shape index (κ2) is 11.0. The smallest absolute Gasteiger partial charge is 0.326 e. The third-order valence-corrected chi connectivity index (χ3v) is 6.20. The zero-order valence-electron chi connectivity index (χ0n) is 18.5. The molecular weight excluding hydrogens is 543 g/mol. The first-order valence-electron chi connectivity index (χ1n) is 10.7. The number of oxime groups is 1. The summed E-state index contributed by atoms with van der Waals surface area (Å²) in [4.78, 5) is 29.6. The van der Waals surface area contributed by atoms with Crippen LogP contribution in [-0.4, -0.2) is 21.1 Å². The summed E-state index contributed by atoms with van der Waals surface area (Å²) in [6.45, 7) is 4.71. The Morgan fingerprint density at radius 2 is 1.79 bits per heavy atom. The number of benzene rings is 2. The lowest BCUT2D eigenvalue weighted by Crippen LogP contribution is -2.35. The molecule has 0 saturated heterocycles. The molecule has 1 aliphatic carbocycles. The van der Waals surface area contributed by atoms with Crippen molar-refractivity contribution in [2.24, 2.45) is 11.1 Å². The number of urea groups is 1. The molecule has 1 saturated carbocycles. The number of carbonyl (C=O) groups is 2. The van der Waals surface area contributed by atoms with Gasteiger partial charge < -0.3 is 10.2 Å². The van der Waals surface area contributed by atoms with Gasteiger partial charge in [-0.3, -0.25) is 10.1 Å². The molecule has 1 fully saturated rings. The molecule has 2 aromatic rings. The molecule has 3 rings (SSSR count). The molecule has 1 atom stereocenters. The van der Waals surface area contributed by atoms with Gasteiger partial charge in [0.1, 0.15) is 23.8 Å². The van der Waals surface area contributed by atoms with E-state index in [0.29, 0.717) is 11.6 Å². The molecule has 2 N–H and O–H groups in total. The minimum Gasteiger partial charge on any atom is -0.391 e. The van der Waals surface area contributed by atoms with Crippen LogP contribution in [0.5, 0.6) is 0 Å². The van der Waals surface area contributed by atoms with E-state index in [-0.39, 0.29) is 10.0 Å². The van der Waals surface area contributed by atoms with Crippen molar-refractivity contribution in [1.29, 1.82) is 0 Å². The molecule has 2 aromatic carbocycles. The number of hydrogen-bond acceptors (Lipinski definition) is 4. The standard InChI is InChI=1S/C24H26F2IN3O3/c1-24(2,27)17-6-3-4-9-20(17)30-33-14-15-10-12-16(13-11-15)28-23(32)29-22(31)21-18(25)7-5-8-19(21)26/h5,7-8,10-13,17H,3-4,6,9,14H2,1-2H3,(H2,28,29,31,32)/b30-20-. The molecule has 0 spiro atoms. The number of halogens is 3. The summed E-state index contributed by atoms with van der Waals surface area (Å²) in [6, 6.07) is 8.91. The Balaban J connectivity index is 1.53. The second-order valence-corrected chi connectivity index (χ2v) is 11.2. The summed E-state index contributed by atoms with van der Waals surface area (Å²) in [6.07, 6.45) is 4.40. The molecule has 0 radical (unpaired) electrons. The van der Waals surface area contributed by atoms with Gasteiger partial charge in [0, 0.05) is 15.0 Å². The second-order valence-electron chi connectivity index (χ2n) is 8.42. The molecular formula is C24H26F2IN3O3. The van der Waals surface area contributed by atoms with Crippen LogP contribution in [0.15, 0.2) is 47.6 Å². The van der Waals surface area contributed by atoms with Crippen LogP contribution in [0, 0.1) is 17.6 Å². The first kappa shape index (κ1) is 25.1. The number of hydrogen-bond donors (Lipinski definition) is 2. The number of carbonyl (C=O) groups excluding carboxylic acids is 2. The van der Waals surface area contributed by atoms with Gasteiger partial charge in [-0.1, -0.05) is 66.2 Å². The number of alkyl halides is 1. The normalized spacial score (nSPS) is 17.5. The van der Waals surface area contributed by atoms with Crippen LogP contribution in [0.2, 0.25) is 0 Å². The summed E-state index contributed by atoms with van der Waals surface area (Å²) >= 11 is 2.47. The number of amides is 3.